The number of carboxylic acids is 1. The molecule has 1 aromatic carbocycles. The molecule has 0 radical (unpaired) electrons. The zero-order valence-corrected chi connectivity index (χ0v) is 13.2. The Hall–Kier alpha value is -1.35. The van der Waals surface area contributed by atoms with Crippen molar-refractivity contribution in [1.29, 1.82) is 0 Å². The SMILES string of the molecule is CCCCC(C(=O)O)C(C)(O)c1c(C)cc(C)cc1C. The van der Waals surface area contributed by atoms with E-state index in [4.69, 9.17) is 0 Å². The maximum atomic E-state index is 11.6. The summed E-state index contributed by atoms with van der Waals surface area (Å²) in [5, 5.41) is 20.4. The van der Waals surface area contributed by atoms with Crippen molar-refractivity contribution in [2.24, 2.45) is 5.92 Å². The van der Waals surface area contributed by atoms with Gasteiger partial charge in [-0.05, 0) is 50.8 Å². The quantitative estimate of drug-likeness (QED) is 0.834. The maximum absolute atomic E-state index is 11.6. The van der Waals surface area contributed by atoms with Gasteiger partial charge in [0.05, 0.1) is 5.92 Å². The minimum Gasteiger partial charge on any atom is -0.481 e. The third kappa shape index (κ3) is 3.40. The monoisotopic (exact) mass is 278 g/mol. The van der Waals surface area contributed by atoms with Crippen molar-refractivity contribution in [3.05, 3.63) is 34.4 Å². The number of aryl methyl sites for hydroxylation is 3. The van der Waals surface area contributed by atoms with Gasteiger partial charge in [-0.25, -0.2) is 0 Å². The Balaban J connectivity index is 3.29. The zero-order valence-electron chi connectivity index (χ0n) is 13.2. The van der Waals surface area contributed by atoms with Crippen molar-refractivity contribution in [2.45, 2.75) is 59.5 Å². The van der Waals surface area contributed by atoms with E-state index in [1.54, 1.807) is 6.92 Å². The molecule has 1 aromatic rings. The molecule has 3 nitrogen and oxygen atoms in total. The summed E-state index contributed by atoms with van der Waals surface area (Å²) in [5.74, 6) is -1.70. The lowest BCUT2D eigenvalue weighted by atomic mass is 9.76. The van der Waals surface area contributed by atoms with Gasteiger partial charge in [-0.15, -0.1) is 0 Å². The average molecular weight is 278 g/mol. The lowest BCUT2D eigenvalue weighted by molar-refractivity contribution is -0.152. The second-order valence-electron chi connectivity index (χ2n) is 5.95. The van der Waals surface area contributed by atoms with Crippen LogP contribution in [0.1, 0.15) is 55.4 Å². The van der Waals surface area contributed by atoms with Gasteiger partial charge in [-0.1, -0.05) is 37.5 Å². The summed E-state index contributed by atoms with van der Waals surface area (Å²) in [5.41, 5.74) is 2.44. The number of carbonyl (C=O) groups is 1. The lowest BCUT2D eigenvalue weighted by Gasteiger charge is -2.33. The van der Waals surface area contributed by atoms with Crippen LogP contribution in [0.5, 0.6) is 0 Å². The normalized spacial score (nSPS) is 15.7. The standard InChI is InChI=1S/C17H26O3/c1-6-7-8-14(16(18)19)17(5,20)15-12(3)9-11(2)10-13(15)4/h9-10,14,20H,6-8H2,1-5H3,(H,18,19). The number of aliphatic hydroxyl groups is 1. The summed E-state index contributed by atoms with van der Waals surface area (Å²) < 4.78 is 0. The number of rotatable bonds is 6. The molecule has 2 atom stereocenters. The predicted molar refractivity (Wildman–Crippen MR) is 80.9 cm³/mol. The molecular weight excluding hydrogens is 252 g/mol. The van der Waals surface area contributed by atoms with Crippen LogP contribution in [0, 0.1) is 26.7 Å². The fraction of sp³-hybridized carbons (Fsp3) is 0.588. The van der Waals surface area contributed by atoms with Crippen LogP contribution in [0.3, 0.4) is 0 Å². The maximum Gasteiger partial charge on any atom is 0.309 e. The molecule has 0 heterocycles. The first-order valence-electron chi connectivity index (χ1n) is 7.25. The molecule has 0 spiro atoms. The molecule has 20 heavy (non-hydrogen) atoms. The summed E-state index contributed by atoms with van der Waals surface area (Å²) in [6, 6.07) is 3.99. The van der Waals surface area contributed by atoms with Crippen LogP contribution in [-0.4, -0.2) is 16.2 Å². The van der Waals surface area contributed by atoms with Gasteiger partial charge >= 0.3 is 5.97 Å². The molecule has 0 saturated carbocycles. The van der Waals surface area contributed by atoms with Crippen LogP contribution >= 0.6 is 0 Å². The number of benzene rings is 1. The molecular formula is C17H26O3. The second-order valence-corrected chi connectivity index (χ2v) is 5.95. The Kier molecular flexibility index (Phi) is 5.35. The van der Waals surface area contributed by atoms with Crippen LogP contribution in [0.4, 0.5) is 0 Å². The second kappa shape index (κ2) is 6.40. The molecule has 0 bridgehead atoms. The molecule has 0 aliphatic rings. The molecule has 2 N–H and O–H groups in total. The van der Waals surface area contributed by atoms with Crippen LogP contribution in [0.2, 0.25) is 0 Å². The van der Waals surface area contributed by atoms with E-state index in [1.165, 1.54) is 0 Å². The molecule has 3 heteroatoms. The van der Waals surface area contributed by atoms with Gasteiger partial charge in [0.15, 0.2) is 0 Å². The number of unbranched alkanes of at least 4 members (excludes halogenated alkanes) is 1. The van der Waals surface area contributed by atoms with Crippen molar-refractivity contribution < 1.29 is 15.0 Å². The Morgan fingerprint density at radius 2 is 1.75 bits per heavy atom. The molecule has 112 valence electrons. The number of hydrogen-bond acceptors (Lipinski definition) is 2. The highest BCUT2D eigenvalue weighted by Gasteiger charge is 2.40. The molecule has 0 saturated heterocycles. The highest BCUT2D eigenvalue weighted by atomic mass is 16.4. The number of hydrogen-bond donors (Lipinski definition) is 2. The Morgan fingerprint density at radius 3 is 2.15 bits per heavy atom. The van der Waals surface area contributed by atoms with Gasteiger partial charge in [-0.3, -0.25) is 4.79 Å². The van der Waals surface area contributed by atoms with Crippen molar-refractivity contribution in [2.75, 3.05) is 0 Å². The predicted octanol–water partition coefficient (Wildman–Crippen LogP) is 3.71. The molecule has 0 amide bonds. The van der Waals surface area contributed by atoms with E-state index in [1.807, 2.05) is 39.8 Å². The van der Waals surface area contributed by atoms with Crippen molar-refractivity contribution in [1.82, 2.24) is 0 Å². The van der Waals surface area contributed by atoms with Gasteiger partial charge in [0, 0.05) is 0 Å². The van der Waals surface area contributed by atoms with Crippen LogP contribution in [0.25, 0.3) is 0 Å². The Bertz CT molecular complexity index is 466. The summed E-state index contributed by atoms with van der Waals surface area (Å²) in [4.78, 5) is 11.6. The van der Waals surface area contributed by atoms with Gasteiger partial charge < -0.3 is 10.2 Å². The summed E-state index contributed by atoms with van der Waals surface area (Å²) in [6.07, 6.45) is 2.22. The van der Waals surface area contributed by atoms with Crippen molar-refractivity contribution >= 4 is 5.97 Å². The number of carboxylic acid groups (broad SMARTS) is 1. The summed E-state index contributed by atoms with van der Waals surface area (Å²) >= 11 is 0. The average Bonchev–Trinajstić information content (AvgIpc) is 2.26. The topological polar surface area (TPSA) is 57.5 Å². The van der Waals surface area contributed by atoms with E-state index in [9.17, 15) is 15.0 Å². The fourth-order valence-electron chi connectivity index (χ4n) is 3.21. The van der Waals surface area contributed by atoms with Gasteiger partial charge in [-0.2, -0.15) is 0 Å². The first kappa shape index (κ1) is 16.7. The zero-order chi connectivity index (χ0) is 15.5. The smallest absolute Gasteiger partial charge is 0.309 e. The van der Waals surface area contributed by atoms with E-state index in [-0.39, 0.29) is 0 Å². The first-order chi connectivity index (χ1) is 9.21. The molecule has 0 aromatic heterocycles. The van der Waals surface area contributed by atoms with Crippen LogP contribution in [0.15, 0.2) is 12.1 Å². The highest BCUT2D eigenvalue weighted by molar-refractivity contribution is 5.72. The van der Waals surface area contributed by atoms with E-state index in [0.717, 1.165) is 35.1 Å². The van der Waals surface area contributed by atoms with Gasteiger partial charge in [0.2, 0.25) is 0 Å². The molecule has 0 aliphatic carbocycles. The van der Waals surface area contributed by atoms with Crippen LogP contribution in [-0.2, 0) is 10.4 Å². The largest absolute Gasteiger partial charge is 0.481 e. The molecule has 1 rings (SSSR count). The van der Waals surface area contributed by atoms with Crippen LogP contribution < -0.4 is 0 Å². The first-order valence-corrected chi connectivity index (χ1v) is 7.25. The third-order valence-corrected chi connectivity index (χ3v) is 4.01. The fourth-order valence-corrected chi connectivity index (χ4v) is 3.21. The Labute approximate surface area is 121 Å². The van der Waals surface area contributed by atoms with E-state index in [2.05, 4.69) is 0 Å². The van der Waals surface area contributed by atoms with E-state index < -0.39 is 17.5 Å². The summed E-state index contributed by atoms with van der Waals surface area (Å²) in [7, 11) is 0. The summed E-state index contributed by atoms with van der Waals surface area (Å²) in [6.45, 7) is 9.53. The Morgan fingerprint density at radius 1 is 1.25 bits per heavy atom. The van der Waals surface area contributed by atoms with Gasteiger partial charge in [0.1, 0.15) is 5.60 Å². The highest BCUT2D eigenvalue weighted by Crippen LogP contribution is 2.37. The third-order valence-electron chi connectivity index (χ3n) is 4.01. The minimum atomic E-state index is -1.34. The molecule has 0 fully saturated rings. The molecule has 2 unspecified atom stereocenters. The minimum absolute atomic E-state index is 0.492. The van der Waals surface area contributed by atoms with Crippen molar-refractivity contribution in [3.8, 4) is 0 Å². The van der Waals surface area contributed by atoms with Crippen molar-refractivity contribution in [3.63, 3.8) is 0 Å². The van der Waals surface area contributed by atoms with Gasteiger partial charge in [0.25, 0.3) is 0 Å². The van der Waals surface area contributed by atoms with E-state index >= 15 is 0 Å². The molecule has 0 aliphatic heterocycles. The lowest BCUT2D eigenvalue weighted by Crippen LogP contribution is -2.38. The van der Waals surface area contributed by atoms with E-state index in [0.29, 0.717) is 6.42 Å². The number of aliphatic carboxylic acids is 1.